The Kier molecular flexibility index (Phi) is 4.96. The van der Waals surface area contributed by atoms with E-state index in [1.54, 1.807) is 72.8 Å². The van der Waals surface area contributed by atoms with E-state index in [4.69, 9.17) is 9.47 Å². The summed E-state index contributed by atoms with van der Waals surface area (Å²) in [5.74, 6) is -2.02. The predicted octanol–water partition coefficient (Wildman–Crippen LogP) is 3.97. The number of benzene rings is 3. The van der Waals surface area contributed by atoms with Gasteiger partial charge in [-0.15, -0.1) is 0 Å². The molecule has 0 saturated heterocycles. The van der Waals surface area contributed by atoms with E-state index < -0.39 is 28.9 Å². The summed E-state index contributed by atoms with van der Waals surface area (Å²) in [5.41, 5.74) is -0.181. The van der Waals surface area contributed by atoms with Gasteiger partial charge in [0.25, 0.3) is 0 Å². The highest BCUT2D eigenvalue weighted by Crippen LogP contribution is 2.49. The summed E-state index contributed by atoms with van der Waals surface area (Å²) in [4.78, 5) is 40.8. The van der Waals surface area contributed by atoms with Gasteiger partial charge in [0.05, 0.1) is 14.2 Å². The normalized spacial score (nSPS) is 15.4. The van der Waals surface area contributed by atoms with Crippen molar-refractivity contribution in [1.29, 1.82) is 0 Å². The van der Waals surface area contributed by atoms with Gasteiger partial charge >= 0.3 is 5.97 Å². The lowest BCUT2D eigenvalue weighted by Crippen LogP contribution is -2.47. The molecule has 0 saturated carbocycles. The fourth-order valence-corrected chi connectivity index (χ4v) is 4.28. The van der Waals surface area contributed by atoms with Crippen LogP contribution in [0, 0.1) is 0 Å². The molecule has 1 unspecified atom stereocenters. The summed E-state index contributed by atoms with van der Waals surface area (Å²) in [5, 5.41) is 0. The van der Waals surface area contributed by atoms with Crippen LogP contribution in [0.25, 0.3) is 0 Å². The molecule has 1 atom stereocenters. The number of fused-ring (bicyclic) bond motifs is 1. The minimum Gasteiger partial charge on any atom is -0.497 e. The van der Waals surface area contributed by atoms with Crippen molar-refractivity contribution in [3.05, 3.63) is 101 Å². The van der Waals surface area contributed by atoms with Crippen LogP contribution in [-0.2, 0) is 14.9 Å². The highest BCUT2D eigenvalue weighted by molar-refractivity contribution is 6.35. The number of ketones is 2. The lowest BCUT2D eigenvalue weighted by atomic mass is 9.64. The Balaban J connectivity index is 2.05. The lowest BCUT2D eigenvalue weighted by molar-refractivity contribution is -0.143. The highest BCUT2D eigenvalue weighted by atomic mass is 16.5. The third-order valence-electron chi connectivity index (χ3n) is 5.68. The Hall–Kier alpha value is -3.73. The van der Waals surface area contributed by atoms with Crippen LogP contribution in [0.4, 0.5) is 0 Å². The number of carbonyl (C=O) groups excluding carboxylic acids is 3. The van der Waals surface area contributed by atoms with E-state index in [0.29, 0.717) is 28.0 Å². The number of hydrogen-bond acceptors (Lipinski definition) is 5. The van der Waals surface area contributed by atoms with Crippen molar-refractivity contribution in [2.75, 3.05) is 14.2 Å². The fourth-order valence-electron chi connectivity index (χ4n) is 4.28. The molecule has 4 rings (SSSR count). The monoisotopic (exact) mass is 400 g/mol. The van der Waals surface area contributed by atoms with Crippen molar-refractivity contribution in [2.24, 2.45) is 0 Å². The van der Waals surface area contributed by atoms with Crippen LogP contribution in [0.15, 0.2) is 78.9 Å². The van der Waals surface area contributed by atoms with E-state index in [9.17, 15) is 14.4 Å². The summed E-state index contributed by atoms with van der Waals surface area (Å²) < 4.78 is 10.3. The molecule has 3 aromatic carbocycles. The van der Waals surface area contributed by atoms with Crippen molar-refractivity contribution in [3.8, 4) is 5.75 Å². The van der Waals surface area contributed by atoms with Crippen LogP contribution in [0.2, 0.25) is 0 Å². The molecule has 5 heteroatoms. The number of ether oxygens (including phenoxy) is 2. The standard InChI is InChI=1S/C25H20O5/c1-29-18-14-12-17(13-15-18)25(21(24(28)30-2)16-8-4-3-5-9-16)22(26)19-10-6-7-11-20(19)23(25)27/h3-15,21H,1-2H3. The van der Waals surface area contributed by atoms with Gasteiger partial charge in [0.15, 0.2) is 11.6 Å². The number of methoxy groups -OCH3 is 2. The van der Waals surface area contributed by atoms with Crippen LogP contribution in [0.1, 0.15) is 37.8 Å². The van der Waals surface area contributed by atoms with Crippen molar-refractivity contribution in [3.63, 3.8) is 0 Å². The van der Waals surface area contributed by atoms with Crippen LogP contribution < -0.4 is 4.74 Å². The van der Waals surface area contributed by atoms with Gasteiger partial charge in [0.1, 0.15) is 17.1 Å². The first-order valence-electron chi connectivity index (χ1n) is 9.51. The molecule has 0 spiro atoms. The Labute approximate surface area is 174 Å². The van der Waals surface area contributed by atoms with E-state index in [1.165, 1.54) is 14.2 Å². The van der Waals surface area contributed by atoms with E-state index >= 15 is 0 Å². The predicted molar refractivity (Wildman–Crippen MR) is 111 cm³/mol. The van der Waals surface area contributed by atoms with E-state index in [2.05, 4.69) is 0 Å². The molecule has 0 aromatic heterocycles. The Morgan fingerprint density at radius 2 is 1.30 bits per heavy atom. The molecule has 0 amide bonds. The first-order chi connectivity index (χ1) is 14.6. The average Bonchev–Trinajstić information content (AvgIpc) is 3.03. The molecule has 3 aromatic rings. The van der Waals surface area contributed by atoms with Gasteiger partial charge in [0, 0.05) is 11.1 Å². The first-order valence-corrected chi connectivity index (χ1v) is 9.51. The zero-order valence-corrected chi connectivity index (χ0v) is 16.6. The quantitative estimate of drug-likeness (QED) is 0.479. The van der Waals surface area contributed by atoms with Crippen LogP contribution in [0.3, 0.4) is 0 Å². The highest BCUT2D eigenvalue weighted by Gasteiger charge is 2.61. The molecule has 0 aliphatic heterocycles. The van der Waals surface area contributed by atoms with Crippen molar-refractivity contribution < 1.29 is 23.9 Å². The van der Waals surface area contributed by atoms with Crippen LogP contribution in [-0.4, -0.2) is 31.8 Å². The number of esters is 1. The van der Waals surface area contributed by atoms with Gasteiger partial charge in [-0.05, 0) is 23.3 Å². The van der Waals surface area contributed by atoms with Crippen molar-refractivity contribution >= 4 is 17.5 Å². The van der Waals surface area contributed by atoms with E-state index in [0.717, 1.165) is 0 Å². The van der Waals surface area contributed by atoms with Gasteiger partial charge in [0.2, 0.25) is 0 Å². The SMILES string of the molecule is COC(=O)C(c1ccccc1)C1(c2ccc(OC)cc2)C(=O)c2ccccc2C1=O. The van der Waals surface area contributed by atoms with Crippen molar-refractivity contribution in [2.45, 2.75) is 11.3 Å². The maximum absolute atomic E-state index is 13.9. The minimum absolute atomic E-state index is 0.308. The summed E-state index contributed by atoms with van der Waals surface area (Å²) in [6.45, 7) is 0. The zero-order valence-electron chi connectivity index (χ0n) is 16.6. The molecule has 5 nitrogen and oxygen atoms in total. The smallest absolute Gasteiger partial charge is 0.315 e. The molecule has 0 bridgehead atoms. The summed E-state index contributed by atoms with van der Waals surface area (Å²) in [6.07, 6.45) is 0. The van der Waals surface area contributed by atoms with Gasteiger partial charge in [-0.3, -0.25) is 14.4 Å². The second kappa shape index (κ2) is 7.59. The fraction of sp³-hybridized carbons (Fsp3) is 0.160. The minimum atomic E-state index is -1.76. The van der Waals surface area contributed by atoms with Crippen LogP contribution in [0.5, 0.6) is 5.75 Å². The second-order valence-electron chi connectivity index (χ2n) is 7.11. The Bertz CT molecular complexity index is 1080. The summed E-state index contributed by atoms with van der Waals surface area (Å²) >= 11 is 0. The number of Topliss-reactive ketones (excluding diaryl/α,β-unsaturated/α-hetero) is 2. The van der Waals surface area contributed by atoms with Gasteiger partial charge in [-0.25, -0.2) is 0 Å². The molecule has 0 N–H and O–H groups in total. The maximum atomic E-state index is 13.9. The third-order valence-corrected chi connectivity index (χ3v) is 5.68. The third kappa shape index (κ3) is 2.74. The largest absolute Gasteiger partial charge is 0.497 e. The summed E-state index contributed by atoms with van der Waals surface area (Å²) in [7, 11) is 2.80. The Morgan fingerprint density at radius 3 is 1.80 bits per heavy atom. The zero-order chi connectivity index (χ0) is 21.3. The first kappa shape index (κ1) is 19.6. The molecule has 1 aliphatic carbocycles. The number of hydrogen-bond donors (Lipinski definition) is 0. The van der Waals surface area contributed by atoms with Crippen LogP contribution >= 0.6 is 0 Å². The van der Waals surface area contributed by atoms with Crippen molar-refractivity contribution in [1.82, 2.24) is 0 Å². The lowest BCUT2D eigenvalue weighted by Gasteiger charge is -2.34. The molecule has 0 radical (unpaired) electrons. The average molecular weight is 400 g/mol. The van der Waals surface area contributed by atoms with Gasteiger partial charge < -0.3 is 9.47 Å². The maximum Gasteiger partial charge on any atom is 0.315 e. The topological polar surface area (TPSA) is 69.7 Å². The summed E-state index contributed by atoms with van der Waals surface area (Å²) in [6, 6.07) is 22.2. The molecule has 0 heterocycles. The molecular formula is C25H20O5. The van der Waals surface area contributed by atoms with Gasteiger partial charge in [-0.2, -0.15) is 0 Å². The molecule has 0 fully saturated rings. The Morgan fingerprint density at radius 1 is 0.767 bits per heavy atom. The number of carbonyl (C=O) groups is 3. The molecular weight excluding hydrogens is 380 g/mol. The van der Waals surface area contributed by atoms with E-state index in [1.807, 2.05) is 6.07 Å². The molecule has 150 valence electrons. The molecule has 30 heavy (non-hydrogen) atoms. The molecule has 1 aliphatic rings. The van der Waals surface area contributed by atoms with Gasteiger partial charge in [-0.1, -0.05) is 66.7 Å². The van der Waals surface area contributed by atoms with E-state index in [-0.39, 0.29) is 0 Å². The number of rotatable bonds is 5. The second-order valence-corrected chi connectivity index (χ2v) is 7.11.